The Hall–Kier alpha value is -1.87. The molecule has 2 nitrogen and oxygen atoms in total. The fourth-order valence-electron chi connectivity index (χ4n) is 2.44. The van der Waals surface area contributed by atoms with E-state index in [2.05, 4.69) is 18.3 Å². The van der Waals surface area contributed by atoms with Crippen LogP contribution in [0.5, 0.6) is 5.75 Å². The summed E-state index contributed by atoms with van der Waals surface area (Å²) in [5.74, 6) is 0.699. The zero-order valence-electron chi connectivity index (χ0n) is 12.6. The first-order chi connectivity index (χ1) is 10.2. The number of halogens is 1. The van der Waals surface area contributed by atoms with Gasteiger partial charge in [-0.1, -0.05) is 31.2 Å². The van der Waals surface area contributed by atoms with Crippen molar-refractivity contribution in [2.45, 2.75) is 25.8 Å². The van der Waals surface area contributed by atoms with Gasteiger partial charge >= 0.3 is 0 Å². The van der Waals surface area contributed by atoms with Crippen LogP contribution in [0.3, 0.4) is 0 Å². The summed E-state index contributed by atoms with van der Waals surface area (Å²) in [7, 11) is 1.68. The standard InChI is InChI=1S/C18H22FNO/c1-3-18(15-7-5-8-16(19)13-15)20-11-10-14-6-4-9-17(12-14)21-2/h4-9,12-13,18,20H,3,10-11H2,1-2H3. The SMILES string of the molecule is CCC(NCCc1cccc(OC)c1)c1cccc(F)c1. The van der Waals surface area contributed by atoms with E-state index in [0.29, 0.717) is 0 Å². The van der Waals surface area contributed by atoms with Crippen molar-refractivity contribution in [1.82, 2.24) is 5.32 Å². The molecule has 0 aliphatic rings. The molecule has 2 aromatic rings. The van der Waals surface area contributed by atoms with Crippen LogP contribution >= 0.6 is 0 Å². The molecule has 0 spiro atoms. The maximum atomic E-state index is 13.3. The van der Waals surface area contributed by atoms with Gasteiger partial charge in [0.25, 0.3) is 0 Å². The van der Waals surface area contributed by atoms with Crippen LogP contribution in [0.15, 0.2) is 48.5 Å². The first-order valence-corrected chi connectivity index (χ1v) is 7.34. The molecule has 1 unspecified atom stereocenters. The lowest BCUT2D eigenvalue weighted by Gasteiger charge is -2.17. The van der Waals surface area contributed by atoms with Crippen LogP contribution < -0.4 is 10.1 Å². The molecule has 112 valence electrons. The average Bonchev–Trinajstić information content (AvgIpc) is 2.52. The molecule has 0 aromatic heterocycles. The minimum atomic E-state index is -0.180. The van der Waals surface area contributed by atoms with Crippen LogP contribution in [-0.2, 0) is 6.42 Å². The third-order valence-corrected chi connectivity index (χ3v) is 3.60. The van der Waals surface area contributed by atoms with E-state index in [4.69, 9.17) is 4.74 Å². The second kappa shape index (κ2) is 7.79. The molecule has 0 aliphatic carbocycles. The summed E-state index contributed by atoms with van der Waals surface area (Å²) >= 11 is 0. The Morgan fingerprint density at radius 1 is 1.14 bits per heavy atom. The summed E-state index contributed by atoms with van der Waals surface area (Å²) in [6.07, 6.45) is 1.85. The molecule has 2 rings (SSSR count). The topological polar surface area (TPSA) is 21.3 Å². The Balaban J connectivity index is 1.91. The van der Waals surface area contributed by atoms with Gasteiger partial charge in [0, 0.05) is 6.04 Å². The number of hydrogen-bond donors (Lipinski definition) is 1. The monoisotopic (exact) mass is 287 g/mol. The van der Waals surface area contributed by atoms with Gasteiger partial charge in [-0.2, -0.15) is 0 Å². The predicted molar refractivity (Wildman–Crippen MR) is 84.1 cm³/mol. The zero-order chi connectivity index (χ0) is 15.1. The van der Waals surface area contributed by atoms with Gasteiger partial charge in [-0.05, 0) is 54.8 Å². The maximum Gasteiger partial charge on any atom is 0.123 e. The van der Waals surface area contributed by atoms with Crippen molar-refractivity contribution in [3.8, 4) is 5.75 Å². The second-order valence-corrected chi connectivity index (χ2v) is 5.07. The normalized spacial score (nSPS) is 12.1. The Morgan fingerprint density at radius 2 is 1.95 bits per heavy atom. The summed E-state index contributed by atoms with van der Waals surface area (Å²) in [5, 5.41) is 3.49. The zero-order valence-corrected chi connectivity index (χ0v) is 12.6. The molecule has 0 fully saturated rings. The molecule has 0 radical (unpaired) electrons. The number of methoxy groups -OCH3 is 1. The van der Waals surface area contributed by atoms with Crippen LogP contribution in [0.1, 0.15) is 30.5 Å². The van der Waals surface area contributed by atoms with Crippen LogP contribution in [0.25, 0.3) is 0 Å². The van der Waals surface area contributed by atoms with E-state index in [-0.39, 0.29) is 11.9 Å². The molecule has 0 heterocycles. The lowest BCUT2D eigenvalue weighted by molar-refractivity contribution is 0.414. The van der Waals surface area contributed by atoms with E-state index in [1.54, 1.807) is 19.2 Å². The first-order valence-electron chi connectivity index (χ1n) is 7.34. The molecule has 1 N–H and O–H groups in total. The second-order valence-electron chi connectivity index (χ2n) is 5.07. The predicted octanol–water partition coefficient (Wildman–Crippen LogP) is 4.12. The minimum Gasteiger partial charge on any atom is -0.497 e. The van der Waals surface area contributed by atoms with Gasteiger partial charge in [-0.25, -0.2) is 4.39 Å². The molecule has 0 saturated heterocycles. The van der Waals surface area contributed by atoms with E-state index in [9.17, 15) is 4.39 Å². The molecule has 1 atom stereocenters. The van der Waals surface area contributed by atoms with Gasteiger partial charge in [0.15, 0.2) is 0 Å². The summed E-state index contributed by atoms with van der Waals surface area (Å²) < 4.78 is 18.5. The highest BCUT2D eigenvalue weighted by Crippen LogP contribution is 2.18. The number of rotatable bonds is 7. The third kappa shape index (κ3) is 4.57. The van der Waals surface area contributed by atoms with Crippen molar-refractivity contribution in [3.05, 3.63) is 65.5 Å². The van der Waals surface area contributed by atoms with Crippen molar-refractivity contribution in [3.63, 3.8) is 0 Å². The number of ether oxygens (including phenoxy) is 1. The van der Waals surface area contributed by atoms with Crippen LogP contribution in [0, 0.1) is 5.82 Å². The van der Waals surface area contributed by atoms with Crippen molar-refractivity contribution in [2.75, 3.05) is 13.7 Å². The lowest BCUT2D eigenvalue weighted by atomic mass is 10.0. The van der Waals surface area contributed by atoms with Crippen molar-refractivity contribution in [1.29, 1.82) is 0 Å². The minimum absolute atomic E-state index is 0.180. The van der Waals surface area contributed by atoms with Crippen molar-refractivity contribution >= 4 is 0 Å². The molecule has 3 heteroatoms. The highest BCUT2D eigenvalue weighted by molar-refractivity contribution is 5.28. The van der Waals surface area contributed by atoms with E-state index in [1.165, 1.54) is 11.6 Å². The van der Waals surface area contributed by atoms with Gasteiger partial charge in [0.05, 0.1) is 7.11 Å². The molecular formula is C18H22FNO. The number of nitrogens with one attached hydrogen (secondary N) is 1. The number of hydrogen-bond acceptors (Lipinski definition) is 2. The fraction of sp³-hybridized carbons (Fsp3) is 0.333. The quantitative estimate of drug-likeness (QED) is 0.827. The number of benzene rings is 2. The van der Waals surface area contributed by atoms with Gasteiger partial charge in [-0.3, -0.25) is 0 Å². The van der Waals surface area contributed by atoms with Crippen LogP contribution in [-0.4, -0.2) is 13.7 Å². The lowest BCUT2D eigenvalue weighted by Crippen LogP contribution is -2.23. The molecule has 0 saturated carbocycles. The van der Waals surface area contributed by atoms with E-state index < -0.39 is 0 Å². The van der Waals surface area contributed by atoms with Crippen LogP contribution in [0.4, 0.5) is 4.39 Å². The summed E-state index contributed by atoms with van der Waals surface area (Å²) in [6.45, 7) is 2.95. The van der Waals surface area contributed by atoms with Gasteiger partial charge in [0.2, 0.25) is 0 Å². The average molecular weight is 287 g/mol. The van der Waals surface area contributed by atoms with Gasteiger partial charge < -0.3 is 10.1 Å². The Kier molecular flexibility index (Phi) is 5.76. The van der Waals surface area contributed by atoms with E-state index in [1.807, 2.05) is 24.3 Å². The largest absolute Gasteiger partial charge is 0.497 e. The molecule has 2 aromatic carbocycles. The van der Waals surface area contributed by atoms with E-state index in [0.717, 1.165) is 30.7 Å². The first kappa shape index (κ1) is 15.5. The Bertz CT molecular complexity index is 571. The molecule has 0 aliphatic heterocycles. The summed E-state index contributed by atoms with van der Waals surface area (Å²) in [5.41, 5.74) is 2.24. The van der Waals surface area contributed by atoms with Gasteiger partial charge in [0.1, 0.15) is 11.6 Å². The molecule has 21 heavy (non-hydrogen) atoms. The van der Waals surface area contributed by atoms with Crippen LogP contribution in [0.2, 0.25) is 0 Å². The van der Waals surface area contributed by atoms with E-state index >= 15 is 0 Å². The fourth-order valence-corrected chi connectivity index (χ4v) is 2.44. The third-order valence-electron chi connectivity index (χ3n) is 3.60. The summed E-state index contributed by atoms with van der Waals surface area (Å²) in [6, 6.07) is 15.1. The maximum absolute atomic E-state index is 13.3. The Labute approximate surface area is 126 Å². The highest BCUT2D eigenvalue weighted by atomic mass is 19.1. The highest BCUT2D eigenvalue weighted by Gasteiger charge is 2.09. The molecular weight excluding hydrogens is 265 g/mol. The Morgan fingerprint density at radius 3 is 2.67 bits per heavy atom. The summed E-state index contributed by atoms with van der Waals surface area (Å²) in [4.78, 5) is 0. The smallest absolute Gasteiger partial charge is 0.123 e. The van der Waals surface area contributed by atoms with Gasteiger partial charge in [-0.15, -0.1) is 0 Å². The van der Waals surface area contributed by atoms with Crippen molar-refractivity contribution < 1.29 is 9.13 Å². The molecule has 0 amide bonds. The molecule has 0 bridgehead atoms. The van der Waals surface area contributed by atoms with Crippen molar-refractivity contribution in [2.24, 2.45) is 0 Å².